The smallest absolute Gasteiger partial charge is 0.331 e. The van der Waals surface area contributed by atoms with Crippen molar-refractivity contribution in [1.29, 1.82) is 0 Å². The van der Waals surface area contributed by atoms with Gasteiger partial charge in [-0.2, -0.15) is 8.42 Å². The van der Waals surface area contributed by atoms with Gasteiger partial charge in [-0.05, 0) is 148 Å². The van der Waals surface area contributed by atoms with Crippen molar-refractivity contribution in [3.63, 3.8) is 0 Å². The van der Waals surface area contributed by atoms with Gasteiger partial charge in [-0.25, -0.2) is 4.79 Å². The third kappa shape index (κ3) is 8.53. The number of hydrogen-bond donors (Lipinski definition) is 1. The highest BCUT2D eigenvalue weighted by molar-refractivity contribution is 7.86. The number of carbonyl (C=O) groups excluding carboxylic acids is 1. The number of ether oxygens (including phenoxy) is 4. The SMILES string of the molecule is COC(=O)C1(Nc2cccc(Cl)c2)CCC2(CC1)c1cc3c(cc1C[C@@H]2C[C@@H](C)COc1ccnc2c1[C@H](C)CCC2)OC[C@H](CCOS(=O)(=O)c1ccc(C)cc1)O3. The van der Waals surface area contributed by atoms with Gasteiger partial charge in [0.25, 0.3) is 10.1 Å². The van der Waals surface area contributed by atoms with Crippen molar-refractivity contribution < 1.29 is 36.3 Å². The van der Waals surface area contributed by atoms with Crippen LogP contribution in [-0.4, -0.2) is 57.9 Å². The lowest BCUT2D eigenvalue weighted by Crippen LogP contribution is -2.53. The number of pyridine rings is 1. The molecule has 1 aromatic heterocycles. The van der Waals surface area contributed by atoms with Crippen molar-refractivity contribution in [2.45, 2.75) is 113 Å². The average Bonchev–Trinajstić information content (AvgIpc) is 3.50. The van der Waals surface area contributed by atoms with Crippen LogP contribution in [0.1, 0.15) is 99.1 Å². The molecule has 59 heavy (non-hydrogen) atoms. The van der Waals surface area contributed by atoms with Gasteiger partial charge < -0.3 is 24.3 Å². The van der Waals surface area contributed by atoms with E-state index in [2.05, 4.69) is 36.3 Å². The highest BCUT2D eigenvalue weighted by Crippen LogP contribution is 2.58. The zero-order chi connectivity index (χ0) is 41.4. The van der Waals surface area contributed by atoms with Crippen LogP contribution in [0.2, 0.25) is 5.02 Å². The van der Waals surface area contributed by atoms with Crippen LogP contribution in [0.3, 0.4) is 0 Å². The molecule has 0 amide bonds. The highest BCUT2D eigenvalue weighted by Gasteiger charge is 2.55. The molecular formula is C47H55ClN2O8S. The van der Waals surface area contributed by atoms with Gasteiger partial charge in [0.15, 0.2) is 11.5 Å². The van der Waals surface area contributed by atoms with Crippen LogP contribution in [-0.2, 0) is 42.1 Å². The maximum Gasteiger partial charge on any atom is 0.331 e. The van der Waals surface area contributed by atoms with Crippen molar-refractivity contribution in [3.8, 4) is 17.2 Å². The van der Waals surface area contributed by atoms with Gasteiger partial charge in [0.2, 0.25) is 0 Å². The number of nitrogens with zero attached hydrogens (tertiary/aromatic N) is 1. The molecule has 1 spiro atoms. The van der Waals surface area contributed by atoms with Gasteiger partial charge >= 0.3 is 5.97 Å². The van der Waals surface area contributed by atoms with E-state index in [0.29, 0.717) is 48.3 Å². The van der Waals surface area contributed by atoms with Gasteiger partial charge in [0, 0.05) is 34.6 Å². The summed E-state index contributed by atoms with van der Waals surface area (Å²) in [4.78, 5) is 18.5. The summed E-state index contributed by atoms with van der Waals surface area (Å²) in [5.41, 5.74) is 5.49. The normalized spacial score (nSPS) is 25.1. The maximum absolute atomic E-state index is 13.7. The zero-order valence-electron chi connectivity index (χ0n) is 34.4. The number of benzene rings is 3. The molecule has 4 aromatic rings. The Bertz CT molecular complexity index is 2270. The molecule has 0 bridgehead atoms. The Morgan fingerprint density at radius 3 is 2.61 bits per heavy atom. The summed E-state index contributed by atoms with van der Waals surface area (Å²) in [6.45, 7) is 7.31. The summed E-state index contributed by atoms with van der Waals surface area (Å²) in [5.74, 6) is 2.99. The van der Waals surface area contributed by atoms with Crippen LogP contribution in [0.25, 0.3) is 0 Å². The number of rotatable bonds is 13. The Hall–Kier alpha value is -4.32. The molecule has 0 radical (unpaired) electrons. The summed E-state index contributed by atoms with van der Waals surface area (Å²) in [5, 5.41) is 4.15. The van der Waals surface area contributed by atoms with E-state index in [0.717, 1.165) is 67.6 Å². The number of halogens is 1. The fraction of sp³-hybridized carbons (Fsp3) is 0.489. The second-order valence-electron chi connectivity index (χ2n) is 17.3. The van der Waals surface area contributed by atoms with Crippen molar-refractivity contribution in [2.24, 2.45) is 11.8 Å². The second-order valence-corrected chi connectivity index (χ2v) is 19.3. The van der Waals surface area contributed by atoms with Gasteiger partial charge in [-0.1, -0.05) is 49.2 Å². The van der Waals surface area contributed by atoms with Crippen molar-refractivity contribution in [1.82, 2.24) is 4.98 Å². The molecule has 1 saturated carbocycles. The number of esters is 1. The number of nitrogens with one attached hydrogen (secondary N) is 1. The molecule has 2 heterocycles. The van der Waals surface area contributed by atoms with Gasteiger partial charge in [0.05, 0.1) is 25.2 Å². The fourth-order valence-corrected chi connectivity index (χ4v) is 11.2. The average molecular weight is 843 g/mol. The lowest BCUT2D eigenvalue weighted by atomic mass is 9.59. The molecule has 1 aliphatic heterocycles. The molecule has 12 heteroatoms. The molecule has 10 nitrogen and oxygen atoms in total. The predicted molar refractivity (Wildman–Crippen MR) is 227 cm³/mol. The lowest BCUT2D eigenvalue weighted by Gasteiger charge is -2.48. The minimum atomic E-state index is -3.90. The van der Waals surface area contributed by atoms with Crippen LogP contribution in [0, 0.1) is 18.8 Å². The van der Waals surface area contributed by atoms with E-state index in [1.807, 2.05) is 43.5 Å². The minimum Gasteiger partial charge on any atom is -0.493 e. The maximum atomic E-state index is 13.7. The highest BCUT2D eigenvalue weighted by atomic mass is 35.5. The van der Waals surface area contributed by atoms with Crippen LogP contribution >= 0.6 is 11.6 Å². The summed E-state index contributed by atoms with van der Waals surface area (Å²) >= 11 is 6.37. The van der Waals surface area contributed by atoms with Gasteiger partial charge in [0.1, 0.15) is 24.0 Å². The van der Waals surface area contributed by atoms with Crippen LogP contribution < -0.4 is 19.5 Å². The monoisotopic (exact) mass is 842 g/mol. The Balaban J connectivity index is 1.03. The second kappa shape index (κ2) is 17.0. The zero-order valence-corrected chi connectivity index (χ0v) is 36.0. The van der Waals surface area contributed by atoms with E-state index in [9.17, 15) is 13.2 Å². The van der Waals surface area contributed by atoms with Gasteiger partial charge in [-0.3, -0.25) is 9.17 Å². The molecule has 0 saturated heterocycles. The largest absolute Gasteiger partial charge is 0.493 e. The third-order valence-corrected chi connectivity index (χ3v) is 14.8. The number of methoxy groups -OCH3 is 1. The van der Waals surface area contributed by atoms with Crippen LogP contribution in [0.4, 0.5) is 5.69 Å². The first-order chi connectivity index (χ1) is 28.4. The minimum absolute atomic E-state index is 0.0348. The van der Waals surface area contributed by atoms with Crippen LogP contribution in [0.15, 0.2) is 77.8 Å². The molecule has 4 atom stereocenters. The Morgan fingerprint density at radius 1 is 1.05 bits per heavy atom. The van der Waals surface area contributed by atoms with E-state index in [1.165, 1.54) is 23.8 Å². The first kappa shape index (κ1) is 41.4. The van der Waals surface area contributed by atoms with E-state index >= 15 is 0 Å². The molecule has 1 fully saturated rings. The van der Waals surface area contributed by atoms with Gasteiger partial charge in [-0.15, -0.1) is 0 Å². The molecule has 8 rings (SSSR count). The number of aryl methyl sites for hydroxylation is 2. The summed E-state index contributed by atoms with van der Waals surface area (Å²) < 4.78 is 56.0. The first-order valence-corrected chi connectivity index (χ1v) is 22.8. The third-order valence-electron chi connectivity index (χ3n) is 13.2. The Morgan fingerprint density at radius 2 is 1.85 bits per heavy atom. The number of carbonyl (C=O) groups is 1. The van der Waals surface area contributed by atoms with E-state index < -0.39 is 15.7 Å². The van der Waals surface area contributed by atoms with Crippen molar-refractivity contribution in [2.75, 3.05) is 32.2 Å². The van der Waals surface area contributed by atoms with Crippen LogP contribution in [0.5, 0.6) is 17.2 Å². The quantitative estimate of drug-likeness (QED) is 0.103. The number of hydrogen-bond acceptors (Lipinski definition) is 10. The lowest BCUT2D eigenvalue weighted by molar-refractivity contribution is -0.148. The summed E-state index contributed by atoms with van der Waals surface area (Å²) in [7, 11) is -2.45. The molecule has 3 aromatic carbocycles. The molecule has 3 aliphatic carbocycles. The number of aromatic nitrogens is 1. The summed E-state index contributed by atoms with van der Waals surface area (Å²) in [6, 6.07) is 20.4. The fourth-order valence-electron chi connectivity index (χ4n) is 10.1. The van der Waals surface area contributed by atoms with Crippen molar-refractivity contribution >= 4 is 33.4 Å². The molecular weight excluding hydrogens is 788 g/mol. The number of anilines is 1. The molecule has 1 N–H and O–H groups in total. The predicted octanol–water partition coefficient (Wildman–Crippen LogP) is 9.53. The Labute approximate surface area is 353 Å². The summed E-state index contributed by atoms with van der Waals surface area (Å²) in [6.07, 6.45) is 9.58. The first-order valence-electron chi connectivity index (χ1n) is 21.0. The Kier molecular flexibility index (Phi) is 11.9. The van der Waals surface area contributed by atoms with Crippen molar-refractivity contribution in [3.05, 3.63) is 106 Å². The standard InChI is InChI=1S/C47H55ClN2O8S/c1-30-11-13-38(14-12-30)59(52,53)57-22-16-37-29-56-42-25-33-24-34(23-31(2)28-55-41-15-21-49-40-10-5-7-32(3)44(40)41)46(39(33)27-43(42)58-37)17-19-47(20-18-46,45(51)54-4)50-36-9-6-8-35(48)26-36/h6,8-9,11-15,21,25-27,31-32,34,37,50H,5,7,10,16-20,22-24,28-29H2,1-4H3/t31-,32-,34+,37+,46?,47?/m1/s1. The molecule has 4 aliphatic rings. The van der Waals surface area contributed by atoms with E-state index in [-0.39, 0.29) is 47.4 Å². The molecule has 314 valence electrons. The van der Waals surface area contributed by atoms with E-state index in [4.69, 9.17) is 34.7 Å². The topological polar surface area (TPSA) is 122 Å². The number of fused-ring (bicyclic) bond motifs is 4. The van der Waals surface area contributed by atoms with E-state index in [1.54, 1.807) is 24.3 Å². The molecule has 0 unspecified atom stereocenters.